The van der Waals surface area contributed by atoms with Crippen LogP contribution < -0.4 is 0 Å². The highest BCUT2D eigenvalue weighted by Gasteiger charge is 2.18. The maximum atomic E-state index is 7.01. The molecule has 2 heteroatoms. The Morgan fingerprint density at radius 3 is 2.60 bits per heavy atom. The molecule has 0 saturated carbocycles. The Morgan fingerprint density at radius 2 is 2.10 bits per heavy atom. The van der Waals surface area contributed by atoms with Crippen LogP contribution in [0.15, 0.2) is 0 Å². The molecule has 0 aromatic heterocycles. The molecule has 0 amide bonds. The number of unbranched alkanes of at least 4 members (excludes halogenated alkanes) is 2. The first kappa shape index (κ1) is 5.78. The minimum Gasteiger partial charge on any atom is -0.420 e. The summed E-state index contributed by atoms with van der Waals surface area (Å²) in [6.07, 6.45) is 3.42. The van der Waals surface area contributed by atoms with Crippen molar-refractivity contribution in [3.63, 3.8) is 0 Å². The third-order valence-electron chi connectivity index (χ3n) is 1.66. The van der Waals surface area contributed by atoms with Crippen LogP contribution in [0.25, 0.3) is 0 Å². The minimum atomic E-state index is -2.21. The van der Waals surface area contributed by atoms with Gasteiger partial charge in [-0.3, -0.25) is 0 Å². The molecule has 0 fully saturated rings. The fourth-order valence-corrected chi connectivity index (χ4v) is 2.06. The highest BCUT2D eigenvalue weighted by molar-refractivity contribution is 6.71. The lowest BCUT2D eigenvalue weighted by Gasteiger charge is -2.19. The molecule has 1 nitrogen and oxygen atoms in total. The smallest absolute Gasteiger partial charge is 0.186 e. The fraction of sp³-hybridized carbons (Fsp3) is 1.00. The van der Waals surface area contributed by atoms with Gasteiger partial charge in [-0.05, 0) is 19.1 Å². The molecule has 62 valence electrons. The molecule has 0 radical (unpaired) electrons. The Hall–Kier alpha value is 0.177. The zero-order chi connectivity index (χ0) is 10.5. The van der Waals surface area contributed by atoms with Crippen LogP contribution in [0.2, 0.25) is 19.1 Å². The van der Waals surface area contributed by atoms with Crippen molar-refractivity contribution < 1.29 is 8.54 Å². The summed E-state index contributed by atoms with van der Waals surface area (Å²) >= 11 is 0. The van der Waals surface area contributed by atoms with Crippen LogP contribution >= 0.6 is 0 Å². The quantitative estimate of drug-likeness (QED) is 0.447. The van der Waals surface area contributed by atoms with Gasteiger partial charge in [0, 0.05) is 7.04 Å². The van der Waals surface area contributed by atoms with Crippen molar-refractivity contribution in [2.24, 2.45) is 0 Å². The van der Waals surface area contributed by atoms with Crippen LogP contribution in [0.5, 0.6) is 0 Å². The van der Waals surface area contributed by atoms with Crippen molar-refractivity contribution in [2.45, 2.75) is 45.3 Å². The van der Waals surface area contributed by atoms with Crippen LogP contribution in [0, 0.1) is 0 Å². The van der Waals surface area contributed by atoms with E-state index in [1.807, 2.05) is 13.1 Å². The highest BCUT2D eigenvalue weighted by atomic mass is 28.4. The molecule has 0 aromatic rings. The molecule has 0 spiro atoms. The van der Waals surface area contributed by atoms with E-state index in [1.165, 1.54) is 6.42 Å². The van der Waals surface area contributed by atoms with E-state index in [-0.39, 0.29) is 0 Å². The molecule has 0 heterocycles. The van der Waals surface area contributed by atoms with E-state index in [0.29, 0.717) is 0 Å². The molecule has 0 aliphatic carbocycles. The van der Waals surface area contributed by atoms with Crippen molar-refractivity contribution in [1.82, 2.24) is 0 Å². The zero-order valence-electron chi connectivity index (χ0n) is 10.2. The average Bonchev–Trinajstić information content (AvgIpc) is 1.81. The lowest BCUT2D eigenvalue weighted by Crippen LogP contribution is -2.27. The second kappa shape index (κ2) is 4.91. The van der Waals surface area contributed by atoms with Gasteiger partial charge >= 0.3 is 0 Å². The van der Waals surface area contributed by atoms with E-state index in [1.54, 1.807) is 0 Å². The molecule has 0 atom stereocenters. The monoisotopic (exact) mass is 163 g/mol. The standard InChI is InChI=1S/C8H20OSi/c1-5-6-7-8-10(3,4)9-2/h5-8H2,1-4H3/i2D3. The first-order chi connectivity index (χ1) is 5.77. The summed E-state index contributed by atoms with van der Waals surface area (Å²) in [5.41, 5.74) is 0. The molecule has 0 rings (SSSR count). The van der Waals surface area contributed by atoms with Gasteiger partial charge in [-0.15, -0.1) is 0 Å². The third kappa shape index (κ3) is 5.00. The molecule has 10 heavy (non-hydrogen) atoms. The van der Waals surface area contributed by atoms with Crippen molar-refractivity contribution in [1.29, 1.82) is 0 Å². The summed E-state index contributed by atoms with van der Waals surface area (Å²) in [5.74, 6) is 0. The van der Waals surface area contributed by atoms with E-state index in [9.17, 15) is 0 Å². The summed E-state index contributed by atoms with van der Waals surface area (Å²) in [5, 5.41) is 0. The molecule has 0 aliphatic rings. The second-order valence-corrected chi connectivity index (χ2v) is 7.54. The van der Waals surface area contributed by atoms with Gasteiger partial charge in [0.25, 0.3) is 0 Å². The van der Waals surface area contributed by atoms with Gasteiger partial charge in [0.05, 0.1) is 4.11 Å². The number of hydrogen-bond acceptors (Lipinski definition) is 1. The molecule has 0 aromatic carbocycles. The van der Waals surface area contributed by atoms with Crippen LogP contribution in [0.3, 0.4) is 0 Å². The first-order valence-corrected chi connectivity index (χ1v) is 7.08. The maximum absolute atomic E-state index is 7.01. The van der Waals surface area contributed by atoms with Gasteiger partial charge in [-0.1, -0.05) is 26.2 Å². The van der Waals surface area contributed by atoms with E-state index in [4.69, 9.17) is 8.54 Å². The van der Waals surface area contributed by atoms with Crippen LogP contribution in [0.1, 0.15) is 30.3 Å². The largest absolute Gasteiger partial charge is 0.420 e. The van der Waals surface area contributed by atoms with Gasteiger partial charge in [0.1, 0.15) is 0 Å². The van der Waals surface area contributed by atoms with E-state index in [2.05, 4.69) is 6.92 Å². The van der Waals surface area contributed by atoms with E-state index < -0.39 is 15.4 Å². The summed E-state index contributed by atoms with van der Waals surface area (Å²) in [6, 6.07) is 0.944. The lowest BCUT2D eigenvalue weighted by molar-refractivity contribution is 0.401. The van der Waals surface area contributed by atoms with Gasteiger partial charge in [-0.25, -0.2) is 0 Å². The maximum Gasteiger partial charge on any atom is 0.186 e. The van der Waals surface area contributed by atoms with Crippen molar-refractivity contribution >= 4 is 8.32 Å². The van der Waals surface area contributed by atoms with E-state index >= 15 is 0 Å². The van der Waals surface area contributed by atoms with Crippen LogP contribution in [-0.2, 0) is 4.43 Å². The SMILES string of the molecule is [2H]C([2H])([2H])O[Si](C)(C)CCCCC. The predicted octanol–water partition coefficient (Wildman–Crippen LogP) is 3.03. The Labute approximate surface area is 70.1 Å². The van der Waals surface area contributed by atoms with Crippen molar-refractivity contribution in [2.75, 3.05) is 7.04 Å². The molecule has 0 N–H and O–H groups in total. The van der Waals surface area contributed by atoms with Gasteiger partial charge in [-0.2, -0.15) is 0 Å². The van der Waals surface area contributed by atoms with Gasteiger partial charge in [0.15, 0.2) is 8.32 Å². The third-order valence-corrected chi connectivity index (χ3v) is 3.77. The van der Waals surface area contributed by atoms with Crippen LogP contribution in [-0.4, -0.2) is 15.4 Å². The summed E-state index contributed by atoms with van der Waals surface area (Å²) in [4.78, 5) is 0. The summed E-state index contributed by atoms with van der Waals surface area (Å²) < 4.78 is 26.2. The first-order valence-electron chi connectivity index (χ1n) is 5.47. The van der Waals surface area contributed by atoms with Crippen LogP contribution in [0.4, 0.5) is 0 Å². The molecule has 0 saturated heterocycles. The Balaban J connectivity index is 3.80. The molecular formula is C8H20OSi. The average molecular weight is 163 g/mol. The Morgan fingerprint density at radius 1 is 1.40 bits per heavy atom. The fourth-order valence-electron chi connectivity index (χ4n) is 0.852. The Kier molecular flexibility index (Phi) is 2.84. The normalized spacial score (nSPS) is 17.7. The number of hydrogen-bond donors (Lipinski definition) is 0. The predicted molar refractivity (Wildman–Crippen MR) is 48.8 cm³/mol. The zero-order valence-corrected chi connectivity index (χ0v) is 8.24. The van der Waals surface area contributed by atoms with Crippen molar-refractivity contribution in [3.05, 3.63) is 0 Å². The number of rotatable bonds is 5. The topological polar surface area (TPSA) is 9.23 Å². The van der Waals surface area contributed by atoms with Gasteiger partial charge in [0.2, 0.25) is 0 Å². The van der Waals surface area contributed by atoms with Gasteiger partial charge < -0.3 is 4.43 Å². The Bertz CT molecular complexity index is 145. The van der Waals surface area contributed by atoms with E-state index in [0.717, 1.165) is 18.9 Å². The molecule has 0 unspecified atom stereocenters. The lowest BCUT2D eigenvalue weighted by atomic mass is 10.3. The minimum absolute atomic E-state index is 0.944. The van der Waals surface area contributed by atoms with Crippen molar-refractivity contribution in [3.8, 4) is 0 Å². The highest BCUT2D eigenvalue weighted by Crippen LogP contribution is 2.14. The summed E-state index contributed by atoms with van der Waals surface area (Å²) in [7, 11) is -4.14. The molecule has 0 aliphatic heterocycles. The second-order valence-electron chi connectivity index (χ2n) is 3.32. The summed E-state index contributed by atoms with van der Waals surface area (Å²) in [6.45, 7) is 6.07. The molecule has 0 bridgehead atoms. The molecular weight excluding hydrogens is 140 g/mol.